The molecule has 1 aromatic carbocycles. The minimum absolute atomic E-state index is 0. The van der Waals surface area contributed by atoms with Crippen LogP contribution < -0.4 is 5.73 Å². The van der Waals surface area contributed by atoms with E-state index in [1.54, 1.807) is 17.5 Å². The van der Waals surface area contributed by atoms with Crippen molar-refractivity contribution in [3.05, 3.63) is 45.5 Å². The summed E-state index contributed by atoms with van der Waals surface area (Å²) in [6.07, 6.45) is 0.918. The van der Waals surface area contributed by atoms with Gasteiger partial charge in [0.25, 0.3) is 11.6 Å². The minimum atomic E-state index is -0.441. The number of nitrogens with two attached hydrogens (primary N) is 1. The van der Waals surface area contributed by atoms with Crippen molar-refractivity contribution >= 4 is 35.3 Å². The Bertz CT molecular complexity index is 765. The highest BCUT2D eigenvalue weighted by Gasteiger charge is 2.33. The van der Waals surface area contributed by atoms with Crippen molar-refractivity contribution in [3.8, 4) is 10.6 Å². The fraction of sp³-hybridized carbons (Fsp3) is 0.375. The summed E-state index contributed by atoms with van der Waals surface area (Å²) < 4.78 is 0. The first kappa shape index (κ1) is 19.3. The van der Waals surface area contributed by atoms with Crippen LogP contribution >= 0.6 is 23.7 Å². The van der Waals surface area contributed by atoms with E-state index in [9.17, 15) is 14.9 Å². The summed E-state index contributed by atoms with van der Waals surface area (Å²) in [5.74, 6) is 0.264. The number of carbonyl (C=O) groups is 1. The molecule has 2 atom stereocenters. The summed E-state index contributed by atoms with van der Waals surface area (Å²) in [6, 6.07) is 6.33. The Balaban J connectivity index is 0.00000225. The molecule has 2 aromatic rings. The number of rotatable bonds is 4. The Labute approximate surface area is 155 Å². The van der Waals surface area contributed by atoms with Gasteiger partial charge in [-0.1, -0.05) is 0 Å². The second-order valence-electron chi connectivity index (χ2n) is 5.99. The quantitative estimate of drug-likeness (QED) is 0.646. The molecule has 2 heterocycles. The highest BCUT2D eigenvalue weighted by atomic mass is 35.5. The lowest BCUT2D eigenvalue weighted by molar-refractivity contribution is -0.384. The van der Waals surface area contributed by atoms with Gasteiger partial charge in [-0.05, 0) is 37.9 Å². The molecule has 3 rings (SSSR count). The molecule has 9 heteroatoms. The zero-order valence-corrected chi connectivity index (χ0v) is 15.3. The molecule has 0 bridgehead atoms. The Kier molecular flexibility index (Phi) is 6.10. The predicted octanol–water partition coefficient (Wildman–Crippen LogP) is 2.95. The highest BCUT2D eigenvalue weighted by Crippen LogP contribution is 2.28. The maximum Gasteiger partial charge on any atom is 0.273 e. The van der Waals surface area contributed by atoms with E-state index in [-0.39, 0.29) is 30.0 Å². The van der Waals surface area contributed by atoms with Crippen LogP contribution in [0.5, 0.6) is 0 Å². The molecule has 0 radical (unpaired) electrons. The van der Waals surface area contributed by atoms with Gasteiger partial charge in [-0.15, -0.1) is 23.7 Å². The molecule has 1 aromatic heterocycles. The Morgan fingerprint density at radius 2 is 2.12 bits per heavy atom. The van der Waals surface area contributed by atoms with E-state index in [4.69, 9.17) is 5.73 Å². The number of halogens is 1. The normalized spacial score (nSPS) is 19.5. The number of hydrogen-bond donors (Lipinski definition) is 1. The Morgan fingerprint density at radius 3 is 2.68 bits per heavy atom. The van der Waals surface area contributed by atoms with Crippen molar-refractivity contribution < 1.29 is 9.72 Å². The number of aromatic nitrogens is 1. The lowest BCUT2D eigenvalue weighted by atomic mass is 10.1. The lowest BCUT2D eigenvalue weighted by Crippen LogP contribution is -2.34. The molecule has 1 fully saturated rings. The SMILES string of the molecule is CC1CC(CN)CN1C(=O)c1csc(-c2ccc([N+](=O)[O-])cc2)n1.Cl. The van der Waals surface area contributed by atoms with Crippen LogP contribution in [0.25, 0.3) is 10.6 Å². The second-order valence-corrected chi connectivity index (χ2v) is 6.84. The molecule has 134 valence electrons. The number of amides is 1. The van der Waals surface area contributed by atoms with Crippen LogP contribution in [-0.4, -0.2) is 39.8 Å². The molecule has 2 unspecified atom stereocenters. The highest BCUT2D eigenvalue weighted by molar-refractivity contribution is 7.13. The van der Waals surface area contributed by atoms with Gasteiger partial charge in [-0.25, -0.2) is 4.98 Å². The van der Waals surface area contributed by atoms with Gasteiger partial charge in [0, 0.05) is 35.7 Å². The average Bonchev–Trinajstić information content (AvgIpc) is 3.21. The number of likely N-dealkylation sites (tertiary alicyclic amines) is 1. The summed E-state index contributed by atoms with van der Waals surface area (Å²) in [7, 11) is 0. The number of hydrogen-bond acceptors (Lipinski definition) is 6. The zero-order valence-electron chi connectivity index (χ0n) is 13.6. The number of nitrogens with zero attached hydrogens (tertiary/aromatic N) is 3. The maximum atomic E-state index is 12.6. The maximum absolute atomic E-state index is 12.6. The number of non-ortho nitro benzene ring substituents is 1. The van der Waals surface area contributed by atoms with Crippen molar-refractivity contribution in [1.82, 2.24) is 9.88 Å². The van der Waals surface area contributed by atoms with Gasteiger partial charge in [-0.3, -0.25) is 14.9 Å². The van der Waals surface area contributed by atoms with E-state index in [2.05, 4.69) is 4.98 Å². The Morgan fingerprint density at radius 1 is 1.44 bits per heavy atom. The molecule has 1 saturated heterocycles. The fourth-order valence-electron chi connectivity index (χ4n) is 2.97. The van der Waals surface area contributed by atoms with Crippen LogP contribution in [0, 0.1) is 16.0 Å². The standard InChI is InChI=1S/C16H18N4O3S.ClH/c1-10-6-11(7-17)8-19(10)16(21)14-9-24-15(18-14)12-2-4-13(5-3-12)20(22)23;/h2-5,9-11H,6-8,17H2,1H3;1H. The number of nitro groups is 1. The lowest BCUT2D eigenvalue weighted by Gasteiger charge is -2.20. The smallest absolute Gasteiger partial charge is 0.273 e. The van der Waals surface area contributed by atoms with Crippen LogP contribution in [0.2, 0.25) is 0 Å². The number of nitro benzene ring substituents is 1. The minimum Gasteiger partial charge on any atom is -0.334 e. The van der Waals surface area contributed by atoms with Crippen molar-refractivity contribution in [3.63, 3.8) is 0 Å². The molecule has 1 aliphatic heterocycles. The molecule has 0 aliphatic carbocycles. The van der Waals surface area contributed by atoms with Crippen LogP contribution in [0.15, 0.2) is 29.6 Å². The first-order valence-electron chi connectivity index (χ1n) is 7.71. The monoisotopic (exact) mass is 382 g/mol. The number of thiazole rings is 1. The molecule has 7 nitrogen and oxygen atoms in total. The predicted molar refractivity (Wildman–Crippen MR) is 99.1 cm³/mol. The molecule has 2 N–H and O–H groups in total. The molecule has 0 saturated carbocycles. The third-order valence-electron chi connectivity index (χ3n) is 4.30. The van der Waals surface area contributed by atoms with E-state index in [1.165, 1.54) is 23.5 Å². The molecule has 25 heavy (non-hydrogen) atoms. The van der Waals surface area contributed by atoms with Gasteiger partial charge in [0.1, 0.15) is 10.7 Å². The van der Waals surface area contributed by atoms with Gasteiger partial charge in [0.2, 0.25) is 0 Å². The molecular weight excluding hydrogens is 364 g/mol. The van der Waals surface area contributed by atoms with Gasteiger partial charge >= 0.3 is 0 Å². The van der Waals surface area contributed by atoms with Gasteiger partial charge in [0.05, 0.1) is 4.92 Å². The summed E-state index contributed by atoms with van der Waals surface area (Å²) in [5, 5.41) is 13.1. The largest absolute Gasteiger partial charge is 0.334 e. The number of carbonyl (C=O) groups excluding carboxylic acids is 1. The summed E-state index contributed by atoms with van der Waals surface area (Å²) >= 11 is 1.36. The topological polar surface area (TPSA) is 102 Å². The molecular formula is C16H19ClN4O3S. The average molecular weight is 383 g/mol. The summed E-state index contributed by atoms with van der Waals surface area (Å²) in [6.45, 7) is 3.28. The first-order chi connectivity index (χ1) is 11.5. The van der Waals surface area contributed by atoms with E-state index in [0.717, 1.165) is 12.0 Å². The van der Waals surface area contributed by atoms with Crippen molar-refractivity contribution in [1.29, 1.82) is 0 Å². The number of benzene rings is 1. The third kappa shape index (κ3) is 3.97. The van der Waals surface area contributed by atoms with Crippen LogP contribution in [0.4, 0.5) is 5.69 Å². The van der Waals surface area contributed by atoms with Gasteiger partial charge in [-0.2, -0.15) is 0 Å². The Hall–Kier alpha value is -2.03. The zero-order chi connectivity index (χ0) is 17.3. The van der Waals surface area contributed by atoms with Crippen molar-refractivity contribution in [2.45, 2.75) is 19.4 Å². The van der Waals surface area contributed by atoms with E-state index < -0.39 is 4.92 Å². The fourth-order valence-corrected chi connectivity index (χ4v) is 3.77. The third-order valence-corrected chi connectivity index (χ3v) is 5.20. The van der Waals surface area contributed by atoms with Crippen LogP contribution in [-0.2, 0) is 0 Å². The van der Waals surface area contributed by atoms with Crippen molar-refractivity contribution in [2.24, 2.45) is 11.7 Å². The second kappa shape index (κ2) is 7.90. The van der Waals surface area contributed by atoms with E-state index >= 15 is 0 Å². The van der Waals surface area contributed by atoms with Crippen LogP contribution in [0.3, 0.4) is 0 Å². The van der Waals surface area contributed by atoms with Gasteiger partial charge in [0.15, 0.2) is 0 Å². The molecule has 1 amide bonds. The van der Waals surface area contributed by atoms with E-state index in [1.807, 2.05) is 11.8 Å². The van der Waals surface area contributed by atoms with Crippen LogP contribution in [0.1, 0.15) is 23.8 Å². The van der Waals surface area contributed by atoms with Crippen molar-refractivity contribution in [2.75, 3.05) is 13.1 Å². The summed E-state index contributed by atoms with van der Waals surface area (Å²) in [4.78, 5) is 29.1. The van der Waals surface area contributed by atoms with Gasteiger partial charge < -0.3 is 10.6 Å². The molecule has 0 spiro atoms. The summed E-state index contributed by atoms with van der Waals surface area (Å²) in [5.41, 5.74) is 6.92. The first-order valence-corrected chi connectivity index (χ1v) is 8.59. The van der Waals surface area contributed by atoms with E-state index in [0.29, 0.717) is 29.7 Å². The molecule has 1 aliphatic rings.